The van der Waals surface area contributed by atoms with Gasteiger partial charge in [0, 0.05) is 24.2 Å². The van der Waals surface area contributed by atoms with E-state index in [0.29, 0.717) is 5.69 Å². The van der Waals surface area contributed by atoms with Crippen LogP contribution in [0.1, 0.15) is 24.3 Å². The molecule has 5 heteroatoms. The maximum Gasteiger partial charge on any atom is 0.267 e. The van der Waals surface area contributed by atoms with Crippen LogP contribution in [0, 0.1) is 0 Å². The van der Waals surface area contributed by atoms with Crippen molar-refractivity contribution in [2.75, 3.05) is 18.0 Å². The molecule has 3 rings (SSSR count). The Morgan fingerprint density at radius 2 is 1.95 bits per heavy atom. The van der Waals surface area contributed by atoms with Gasteiger partial charge in [-0.2, -0.15) is 0 Å². The van der Waals surface area contributed by atoms with E-state index in [2.05, 4.69) is 29.8 Å². The maximum atomic E-state index is 11.2. The van der Waals surface area contributed by atoms with E-state index >= 15 is 0 Å². The van der Waals surface area contributed by atoms with Crippen LogP contribution in [0.5, 0.6) is 0 Å². The predicted molar refractivity (Wildman–Crippen MR) is 82.5 cm³/mol. The van der Waals surface area contributed by atoms with Crippen LogP contribution in [0.4, 0.5) is 5.69 Å². The molecule has 0 radical (unpaired) electrons. The first-order valence-electron chi connectivity index (χ1n) is 7.14. The number of primary amides is 1. The zero-order valence-corrected chi connectivity index (χ0v) is 12.2. The fourth-order valence-electron chi connectivity index (χ4n) is 2.93. The van der Waals surface area contributed by atoms with Gasteiger partial charge in [0.2, 0.25) is 0 Å². The lowest BCUT2D eigenvalue weighted by atomic mass is 10.1. The Bertz CT molecular complexity index is 676. The molecule has 0 aliphatic carbocycles. The molecular formula is C16H19N3O2. The van der Waals surface area contributed by atoms with Crippen molar-refractivity contribution >= 4 is 22.5 Å². The number of aromatic nitrogens is 1. The molecule has 1 aliphatic rings. The van der Waals surface area contributed by atoms with Crippen molar-refractivity contribution in [1.29, 1.82) is 0 Å². The molecule has 2 atom stereocenters. The number of amides is 1. The van der Waals surface area contributed by atoms with Crippen molar-refractivity contribution in [2.45, 2.75) is 26.1 Å². The summed E-state index contributed by atoms with van der Waals surface area (Å²) in [5, 5.41) is 1.03. The molecule has 1 aromatic heterocycles. The number of fused-ring (bicyclic) bond motifs is 1. The number of carbonyl (C=O) groups is 1. The smallest absolute Gasteiger partial charge is 0.267 e. The largest absolute Gasteiger partial charge is 0.372 e. The molecular weight excluding hydrogens is 266 g/mol. The average Bonchev–Trinajstić information content (AvgIpc) is 2.45. The van der Waals surface area contributed by atoms with E-state index < -0.39 is 5.91 Å². The van der Waals surface area contributed by atoms with E-state index in [1.54, 1.807) is 6.07 Å². The minimum atomic E-state index is -0.504. The maximum absolute atomic E-state index is 11.2. The van der Waals surface area contributed by atoms with Crippen LogP contribution >= 0.6 is 0 Å². The third-order valence-corrected chi connectivity index (χ3v) is 3.72. The summed E-state index contributed by atoms with van der Waals surface area (Å²) in [6, 6.07) is 9.54. The van der Waals surface area contributed by atoms with Gasteiger partial charge in [-0.25, -0.2) is 4.98 Å². The van der Waals surface area contributed by atoms with Gasteiger partial charge in [0.15, 0.2) is 0 Å². The summed E-state index contributed by atoms with van der Waals surface area (Å²) in [7, 11) is 0. The standard InChI is InChI=1S/C16H19N3O2/c1-10-8-19(9-11(2)21-10)15-5-3-4-13-12(15)6-7-14(18-13)16(17)20/h3-7,10-11H,8-9H2,1-2H3,(H2,17,20)/t10-,11+. The van der Waals surface area contributed by atoms with E-state index in [1.165, 1.54) is 0 Å². The Kier molecular flexibility index (Phi) is 3.51. The Morgan fingerprint density at radius 3 is 2.62 bits per heavy atom. The van der Waals surface area contributed by atoms with Gasteiger partial charge in [-0.05, 0) is 38.1 Å². The minimum Gasteiger partial charge on any atom is -0.372 e. The van der Waals surface area contributed by atoms with Gasteiger partial charge in [0.1, 0.15) is 5.69 Å². The molecule has 0 unspecified atom stereocenters. The number of rotatable bonds is 2. The monoisotopic (exact) mass is 285 g/mol. The van der Waals surface area contributed by atoms with Crippen LogP contribution in [0.25, 0.3) is 10.9 Å². The highest BCUT2D eigenvalue weighted by molar-refractivity contribution is 5.97. The number of benzene rings is 1. The second-order valence-corrected chi connectivity index (χ2v) is 5.57. The highest BCUT2D eigenvalue weighted by Crippen LogP contribution is 2.28. The van der Waals surface area contributed by atoms with Gasteiger partial charge in [0.25, 0.3) is 5.91 Å². The van der Waals surface area contributed by atoms with Crippen molar-refractivity contribution in [3.8, 4) is 0 Å². The number of hydrogen-bond donors (Lipinski definition) is 1. The molecule has 1 aromatic carbocycles. The SMILES string of the molecule is C[C@@H]1CN(c2cccc3nc(C(N)=O)ccc23)C[C@H](C)O1. The van der Waals surface area contributed by atoms with Gasteiger partial charge in [0.05, 0.1) is 17.7 Å². The zero-order valence-electron chi connectivity index (χ0n) is 12.2. The van der Waals surface area contributed by atoms with Crippen molar-refractivity contribution < 1.29 is 9.53 Å². The first-order valence-corrected chi connectivity index (χ1v) is 7.14. The van der Waals surface area contributed by atoms with E-state index in [4.69, 9.17) is 10.5 Å². The fourth-order valence-corrected chi connectivity index (χ4v) is 2.93. The van der Waals surface area contributed by atoms with Crippen molar-refractivity contribution in [3.05, 3.63) is 36.0 Å². The first-order chi connectivity index (χ1) is 10.0. The lowest BCUT2D eigenvalue weighted by Gasteiger charge is -2.37. The summed E-state index contributed by atoms with van der Waals surface area (Å²) in [6.45, 7) is 5.86. The summed E-state index contributed by atoms with van der Waals surface area (Å²) in [4.78, 5) is 17.9. The lowest BCUT2D eigenvalue weighted by molar-refractivity contribution is -0.00513. The summed E-state index contributed by atoms with van der Waals surface area (Å²) in [5.41, 5.74) is 7.50. The van der Waals surface area contributed by atoms with E-state index in [1.807, 2.05) is 18.2 Å². The van der Waals surface area contributed by atoms with Crippen LogP contribution in [-0.4, -0.2) is 36.2 Å². The van der Waals surface area contributed by atoms with Gasteiger partial charge in [-0.3, -0.25) is 4.79 Å². The van der Waals surface area contributed by atoms with Crippen LogP contribution in [-0.2, 0) is 4.74 Å². The van der Waals surface area contributed by atoms with E-state index in [9.17, 15) is 4.79 Å². The van der Waals surface area contributed by atoms with Gasteiger partial charge >= 0.3 is 0 Å². The fraction of sp³-hybridized carbons (Fsp3) is 0.375. The Balaban J connectivity index is 2.04. The Morgan fingerprint density at radius 1 is 1.24 bits per heavy atom. The molecule has 1 aliphatic heterocycles. The highest BCUT2D eigenvalue weighted by Gasteiger charge is 2.23. The number of anilines is 1. The van der Waals surface area contributed by atoms with Crippen LogP contribution in [0.3, 0.4) is 0 Å². The molecule has 2 aromatic rings. The quantitative estimate of drug-likeness (QED) is 0.915. The molecule has 1 saturated heterocycles. The lowest BCUT2D eigenvalue weighted by Crippen LogP contribution is -2.45. The molecule has 0 bridgehead atoms. The average molecular weight is 285 g/mol. The summed E-state index contributed by atoms with van der Waals surface area (Å²) >= 11 is 0. The number of ether oxygens (including phenoxy) is 1. The van der Waals surface area contributed by atoms with Gasteiger partial charge in [-0.15, -0.1) is 0 Å². The van der Waals surface area contributed by atoms with Crippen molar-refractivity contribution in [3.63, 3.8) is 0 Å². The minimum absolute atomic E-state index is 0.196. The van der Waals surface area contributed by atoms with E-state index in [-0.39, 0.29) is 12.2 Å². The Labute approximate surface area is 123 Å². The number of morpholine rings is 1. The molecule has 21 heavy (non-hydrogen) atoms. The highest BCUT2D eigenvalue weighted by atomic mass is 16.5. The normalized spacial score (nSPS) is 22.5. The number of nitrogens with zero attached hydrogens (tertiary/aromatic N) is 2. The third-order valence-electron chi connectivity index (χ3n) is 3.72. The van der Waals surface area contributed by atoms with Crippen LogP contribution in [0.2, 0.25) is 0 Å². The topological polar surface area (TPSA) is 68.5 Å². The third kappa shape index (κ3) is 2.69. The molecule has 2 heterocycles. The summed E-state index contributed by atoms with van der Waals surface area (Å²) in [6.07, 6.45) is 0.392. The van der Waals surface area contributed by atoms with Gasteiger partial charge < -0.3 is 15.4 Å². The molecule has 0 saturated carbocycles. The van der Waals surface area contributed by atoms with Crippen LogP contribution < -0.4 is 10.6 Å². The molecule has 110 valence electrons. The second-order valence-electron chi connectivity index (χ2n) is 5.57. The molecule has 1 fully saturated rings. The molecule has 0 spiro atoms. The summed E-state index contributed by atoms with van der Waals surface area (Å²) in [5.74, 6) is -0.504. The molecule has 1 amide bonds. The second kappa shape index (κ2) is 5.33. The predicted octanol–water partition coefficient (Wildman–Crippen LogP) is 1.95. The first kappa shape index (κ1) is 13.8. The van der Waals surface area contributed by atoms with Crippen molar-refractivity contribution in [1.82, 2.24) is 4.98 Å². The van der Waals surface area contributed by atoms with Crippen molar-refractivity contribution in [2.24, 2.45) is 5.73 Å². The molecule has 5 nitrogen and oxygen atoms in total. The van der Waals surface area contributed by atoms with Crippen LogP contribution in [0.15, 0.2) is 30.3 Å². The number of nitrogens with two attached hydrogens (primary N) is 1. The number of hydrogen-bond acceptors (Lipinski definition) is 4. The Hall–Kier alpha value is -2.14. The summed E-state index contributed by atoms with van der Waals surface area (Å²) < 4.78 is 5.78. The molecule has 2 N–H and O–H groups in total. The van der Waals surface area contributed by atoms with E-state index in [0.717, 1.165) is 29.7 Å². The zero-order chi connectivity index (χ0) is 15.0. The van der Waals surface area contributed by atoms with Gasteiger partial charge in [-0.1, -0.05) is 6.07 Å². The number of pyridine rings is 1. The number of carbonyl (C=O) groups excluding carboxylic acids is 1.